The zero-order valence-electron chi connectivity index (χ0n) is 10.8. The van der Waals surface area contributed by atoms with Crippen LogP contribution in [0.15, 0.2) is 15.9 Å². The summed E-state index contributed by atoms with van der Waals surface area (Å²) in [6.45, 7) is 5.96. The van der Waals surface area contributed by atoms with E-state index in [1.807, 2.05) is 0 Å². The molecule has 1 saturated heterocycles. The largest absolute Gasteiger partial charge is 0.354 e. The molecule has 0 spiro atoms. The molecule has 1 amide bonds. The van der Waals surface area contributed by atoms with Gasteiger partial charge < -0.3 is 10.6 Å². The fraction of sp³-hybridized carbons (Fsp3) is 0.615. The molecule has 5 heteroatoms. The number of hydrogen-bond acceptors (Lipinski definition) is 3. The van der Waals surface area contributed by atoms with E-state index in [4.69, 9.17) is 0 Å². The summed E-state index contributed by atoms with van der Waals surface area (Å²) in [5, 5.41) is 6.28. The molecule has 1 atom stereocenters. The summed E-state index contributed by atoms with van der Waals surface area (Å²) in [6, 6.07) is 4.19. The molecule has 1 aromatic rings. The lowest BCUT2D eigenvalue weighted by molar-refractivity contribution is -0.123. The van der Waals surface area contributed by atoms with Crippen molar-refractivity contribution in [2.24, 2.45) is 0 Å². The van der Waals surface area contributed by atoms with Crippen molar-refractivity contribution in [1.29, 1.82) is 0 Å². The summed E-state index contributed by atoms with van der Waals surface area (Å²) in [6.07, 6.45) is 2.05. The summed E-state index contributed by atoms with van der Waals surface area (Å²) in [5.74, 6) is 0.135. The molecule has 100 valence electrons. The van der Waals surface area contributed by atoms with Gasteiger partial charge in [-0.3, -0.25) is 4.79 Å². The highest BCUT2D eigenvalue weighted by Gasteiger charge is 2.26. The van der Waals surface area contributed by atoms with Gasteiger partial charge in [0.2, 0.25) is 5.91 Å². The van der Waals surface area contributed by atoms with Crippen LogP contribution in [0, 0.1) is 0 Å². The van der Waals surface area contributed by atoms with E-state index in [9.17, 15) is 4.79 Å². The van der Waals surface area contributed by atoms with E-state index in [2.05, 4.69) is 52.5 Å². The van der Waals surface area contributed by atoms with Crippen LogP contribution in [0.2, 0.25) is 0 Å². The third-order valence-corrected chi connectivity index (χ3v) is 5.31. The second kappa shape index (κ2) is 5.72. The number of nitrogens with one attached hydrogen (secondary N) is 2. The van der Waals surface area contributed by atoms with Crippen molar-refractivity contribution in [2.75, 3.05) is 13.1 Å². The standard InChI is InChI=1S/C13H19BrN2OS/c1-13(2,10-5-6-11(14)18-10)8-16-12(17)9-4-3-7-15-9/h5-6,9,15H,3-4,7-8H2,1-2H3,(H,16,17). The highest BCUT2D eigenvalue weighted by atomic mass is 79.9. The number of halogens is 1. The molecule has 2 rings (SSSR count). The molecule has 1 unspecified atom stereocenters. The molecule has 2 N–H and O–H groups in total. The molecule has 0 aliphatic carbocycles. The molecule has 3 nitrogen and oxygen atoms in total. The molecule has 0 radical (unpaired) electrons. The van der Waals surface area contributed by atoms with Crippen LogP contribution in [-0.2, 0) is 10.2 Å². The van der Waals surface area contributed by atoms with Gasteiger partial charge in [0.05, 0.1) is 9.83 Å². The van der Waals surface area contributed by atoms with E-state index in [0.29, 0.717) is 6.54 Å². The smallest absolute Gasteiger partial charge is 0.237 e. The van der Waals surface area contributed by atoms with Crippen LogP contribution in [0.25, 0.3) is 0 Å². The van der Waals surface area contributed by atoms with Crippen molar-refractivity contribution in [3.05, 3.63) is 20.8 Å². The summed E-state index contributed by atoms with van der Waals surface area (Å²) in [7, 11) is 0. The average molecular weight is 331 g/mol. The first kappa shape index (κ1) is 14.0. The summed E-state index contributed by atoms with van der Waals surface area (Å²) < 4.78 is 1.13. The van der Waals surface area contributed by atoms with Gasteiger partial charge in [0.15, 0.2) is 0 Å². The van der Waals surface area contributed by atoms with Gasteiger partial charge in [0, 0.05) is 16.8 Å². The number of amides is 1. The molecule has 0 bridgehead atoms. The predicted molar refractivity (Wildman–Crippen MR) is 79.1 cm³/mol. The molecular weight excluding hydrogens is 312 g/mol. The minimum atomic E-state index is -0.0229. The first-order valence-electron chi connectivity index (χ1n) is 6.26. The van der Waals surface area contributed by atoms with Crippen molar-refractivity contribution in [1.82, 2.24) is 10.6 Å². The first-order chi connectivity index (χ1) is 8.49. The van der Waals surface area contributed by atoms with Gasteiger partial charge in [-0.15, -0.1) is 11.3 Å². The number of rotatable bonds is 4. The van der Waals surface area contributed by atoms with Crippen molar-refractivity contribution < 1.29 is 4.79 Å². The lowest BCUT2D eigenvalue weighted by Crippen LogP contribution is -2.44. The SMILES string of the molecule is CC(C)(CNC(=O)C1CCCN1)c1ccc(Br)s1. The Morgan fingerprint density at radius 1 is 1.61 bits per heavy atom. The Kier molecular flexibility index (Phi) is 4.45. The van der Waals surface area contributed by atoms with Crippen LogP contribution in [-0.4, -0.2) is 25.0 Å². The van der Waals surface area contributed by atoms with Crippen LogP contribution in [0.1, 0.15) is 31.6 Å². The van der Waals surface area contributed by atoms with Gasteiger partial charge in [-0.1, -0.05) is 13.8 Å². The van der Waals surface area contributed by atoms with E-state index in [0.717, 1.165) is 23.2 Å². The topological polar surface area (TPSA) is 41.1 Å². The van der Waals surface area contributed by atoms with Gasteiger partial charge in [-0.25, -0.2) is 0 Å². The quantitative estimate of drug-likeness (QED) is 0.891. The maximum Gasteiger partial charge on any atom is 0.237 e. The Labute approximate surface area is 120 Å². The van der Waals surface area contributed by atoms with Crippen LogP contribution >= 0.6 is 27.3 Å². The van der Waals surface area contributed by atoms with Crippen molar-refractivity contribution >= 4 is 33.2 Å². The maximum absolute atomic E-state index is 11.9. The van der Waals surface area contributed by atoms with E-state index >= 15 is 0 Å². The second-order valence-corrected chi connectivity index (χ2v) is 7.82. The zero-order valence-corrected chi connectivity index (χ0v) is 13.2. The third kappa shape index (κ3) is 3.33. The number of hydrogen-bond donors (Lipinski definition) is 2. The maximum atomic E-state index is 11.9. The normalized spacial score (nSPS) is 20.1. The van der Waals surface area contributed by atoms with Crippen molar-refractivity contribution in [3.8, 4) is 0 Å². The Morgan fingerprint density at radius 3 is 2.94 bits per heavy atom. The van der Waals surface area contributed by atoms with Gasteiger partial charge in [0.1, 0.15) is 0 Å². The highest BCUT2D eigenvalue weighted by Crippen LogP contribution is 2.32. The Morgan fingerprint density at radius 2 is 2.39 bits per heavy atom. The Balaban J connectivity index is 1.90. The third-order valence-electron chi connectivity index (χ3n) is 3.32. The molecule has 1 aliphatic heterocycles. The van der Waals surface area contributed by atoms with Crippen LogP contribution < -0.4 is 10.6 Å². The van der Waals surface area contributed by atoms with Crippen molar-refractivity contribution in [3.63, 3.8) is 0 Å². The van der Waals surface area contributed by atoms with Gasteiger partial charge in [-0.2, -0.15) is 0 Å². The minimum absolute atomic E-state index is 0.0101. The Hall–Kier alpha value is -0.390. The number of carbonyl (C=O) groups excluding carboxylic acids is 1. The molecule has 0 aromatic carbocycles. The fourth-order valence-electron chi connectivity index (χ4n) is 2.10. The Bertz CT molecular complexity index is 424. The number of thiophene rings is 1. The molecule has 1 aliphatic rings. The second-order valence-electron chi connectivity index (χ2n) is 5.35. The molecule has 0 saturated carbocycles. The van der Waals surface area contributed by atoms with Gasteiger partial charge in [0.25, 0.3) is 0 Å². The molecule has 1 aromatic heterocycles. The van der Waals surface area contributed by atoms with E-state index in [1.54, 1.807) is 11.3 Å². The van der Waals surface area contributed by atoms with E-state index in [1.165, 1.54) is 4.88 Å². The van der Waals surface area contributed by atoms with E-state index < -0.39 is 0 Å². The van der Waals surface area contributed by atoms with Crippen LogP contribution in [0.5, 0.6) is 0 Å². The monoisotopic (exact) mass is 330 g/mol. The van der Waals surface area contributed by atoms with Crippen molar-refractivity contribution in [2.45, 2.75) is 38.1 Å². The van der Waals surface area contributed by atoms with Crippen LogP contribution in [0.4, 0.5) is 0 Å². The first-order valence-corrected chi connectivity index (χ1v) is 7.87. The lowest BCUT2D eigenvalue weighted by atomic mass is 9.91. The molecule has 1 fully saturated rings. The van der Waals surface area contributed by atoms with Gasteiger partial charge >= 0.3 is 0 Å². The highest BCUT2D eigenvalue weighted by molar-refractivity contribution is 9.11. The van der Waals surface area contributed by atoms with Crippen LogP contribution in [0.3, 0.4) is 0 Å². The number of carbonyl (C=O) groups is 1. The average Bonchev–Trinajstić information content (AvgIpc) is 2.96. The summed E-state index contributed by atoms with van der Waals surface area (Å²) in [4.78, 5) is 13.2. The predicted octanol–water partition coefficient (Wildman–Crippen LogP) is 2.66. The molecule has 18 heavy (non-hydrogen) atoms. The zero-order chi connectivity index (χ0) is 13.2. The van der Waals surface area contributed by atoms with Gasteiger partial charge in [-0.05, 0) is 47.4 Å². The lowest BCUT2D eigenvalue weighted by Gasteiger charge is -2.24. The molecule has 2 heterocycles. The molecular formula is C13H19BrN2OS. The fourth-order valence-corrected chi connectivity index (χ4v) is 3.59. The summed E-state index contributed by atoms with van der Waals surface area (Å²) in [5.41, 5.74) is -0.0229. The summed E-state index contributed by atoms with van der Waals surface area (Å²) >= 11 is 5.21. The van der Waals surface area contributed by atoms with E-state index in [-0.39, 0.29) is 17.4 Å². The minimum Gasteiger partial charge on any atom is -0.354 e.